The van der Waals surface area contributed by atoms with E-state index in [4.69, 9.17) is 19.4 Å². The first-order valence-electron chi connectivity index (χ1n) is 15.2. The maximum Gasteiger partial charge on any atom is 0.234 e. The zero-order valence-electron chi connectivity index (χ0n) is 25.9. The Morgan fingerprint density at radius 3 is 1.93 bits per heavy atom. The molecular weight excluding hydrogens is 571 g/mol. The predicted octanol–water partition coefficient (Wildman–Crippen LogP) is 8.77. The lowest BCUT2D eigenvalue weighted by atomic mass is 9.92. The van der Waals surface area contributed by atoms with E-state index < -0.39 is 7.05 Å². The van der Waals surface area contributed by atoms with E-state index in [0.29, 0.717) is 5.95 Å². The van der Waals surface area contributed by atoms with Gasteiger partial charge in [0, 0.05) is 51.4 Å². The fraction of sp³-hybridized carbons (Fsp3) is 0.128. The molecule has 0 saturated heterocycles. The molecule has 0 atom stereocenters. The average molecular weight is 607 g/mol. The van der Waals surface area contributed by atoms with Crippen LogP contribution in [0.1, 0.15) is 26.5 Å². The molecule has 0 aliphatic carbocycles. The van der Waals surface area contributed by atoms with Gasteiger partial charge in [0.05, 0.1) is 23.8 Å². The molecule has 2 aromatic heterocycles. The Hall–Kier alpha value is -4.99. The van der Waals surface area contributed by atoms with Crippen molar-refractivity contribution in [2.45, 2.75) is 26.2 Å². The Balaban J connectivity index is 1.35. The summed E-state index contributed by atoms with van der Waals surface area (Å²) in [6.45, 7) is 6.51. The number of ether oxygens (including phenoxy) is 1. The van der Waals surface area contributed by atoms with Crippen LogP contribution in [0.15, 0.2) is 144 Å². The van der Waals surface area contributed by atoms with Gasteiger partial charge in [-0.05, 0) is 36.4 Å². The first-order valence-corrected chi connectivity index (χ1v) is 16.9. The Morgan fingerprint density at radius 2 is 1.24 bits per heavy atom. The fourth-order valence-corrected chi connectivity index (χ4v) is 9.48. The third kappa shape index (κ3) is 5.13. The summed E-state index contributed by atoms with van der Waals surface area (Å²) < 4.78 is 13.9. The van der Waals surface area contributed by atoms with E-state index in [2.05, 4.69) is 141 Å². The van der Waals surface area contributed by atoms with Crippen molar-refractivity contribution < 1.29 is 4.74 Å². The zero-order valence-corrected chi connectivity index (χ0v) is 26.8. The van der Waals surface area contributed by atoms with E-state index in [0.717, 1.165) is 44.3 Å². The van der Waals surface area contributed by atoms with Gasteiger partial charge in [0.1, 0.15) is 11.5 Å². The van der Waals surface area contributed by atoms with Crippen LogP contribution in [0.25, 0.3) is 27.8 Å². The van der Waals surface area contributed by atoms with E-state index >= 15 is 0 Å². The van der Waals surface area contributed by atoms with Gasteiger partial charge in [0.15, 0.2) is 0 Å². The maximum atomic E-state index is 6.63. The second kappa shape index (κ2) is 11.5. The quantitative estimate of drug-likeness (QED) is 0.178. The summed E-state index contributed by atoms with van der Waals surface area (Å²) in [5.74, 6) is 2.16. The monoisotopic (exact) mass is 606 g/mol. The Labute approximate surface area is 264 Å². The summed E-state index contributed by atoms with van der Waals surface area (Å²) in [5, 5.41) is 5.83. The molecule has 0 aliphatic rings. The van der Waals surface area contributed by atoms with Crippen molar-refractivity contribution >= 4 is 44.8 Å². The molecule has 45 heavy (non-hydrogen) atoms. The Morgan fingerprint density at radius 1 is 0.622 bits per heavy atom. The molecular formula is C39H35N4OP. The topological polar surface area (TPSA) is 52.3 Å². The fourth-order valence-electron chi connectivity index (χ4n) is 6.07. The molecule has 5 aromatic carbocycles. The number of para-hydroxylation sites is 1. The van der Waals surface area contributed by atoms with E-state index in [1.54, 1.807) is 0 Å². The van der Waals surface area contributed by atoms with Crippen LogP contribution in [0.4, 0.5) is 0 Å². The predicted molar refractivity (Wildman–Crippen MR) is 189 cm³/mol. The van der Waals surface area contributed by atoms with Crippen LogP contribution in [0.3, 0.4) is 0 Å². The van der Waals surface area contributed by atoms with E-state index in [-0.39, 0.29) is 5.41 Å². The van der Waals surface area contributed by atoms with Crippen LogP contribution >= 0.6 is 7.05 Å². The molecule has 7 rings (SSSR count). The molecule has 0 amide bonds. The van der Waals surface area contributed by atoms with Crippen LogP contribution < -0.4 is 20.7 Å². The molecule has 0 unspecified atom stereocenters. The molecule has 5 nitrogen and oxygen atoms in total. The van der Waals surface area contributed by atoms with Crippen molar-refractivity contribution in [3.05, 3.63) is 145 Å². The number of nitrogens with zero attached hydrogens (tertiary/aromatic N) is 4. The second-order valence-electron chi connectivity index (χ2n) is 12.1. The zero-order chi connectivity index (χ0) is 31.0. The molecule has 6 heteroatoms. The highest BCUT2D eigenvalue weighted by molar-refractivity contribution is 7.87. The van der Waals surface area contributed by atoms with Crippen molar-refractivity contribution in [2.24, 2.45) is 4.74 Å². The van der Waals surface area contributed by atoms with Crippen molar-refractivity contribution in [1.29, 1.82) is 0 Å². The highest BCUT2D eigenvalue weighted by Gasteiger charge is 2.27. The molecule has 2 heterocycles. The highest BCUT2D eigenvalue weighted by Crippen LogP contribution is 2.46. The molecule has 0 saturated carbocycles. The van der Waals surface area contributed by atoms with Gasteiger partial charge in [-0.1, -0.05) is 112 Å². The third-order valence-electron chi connectivity index (χ3n) is 8.24. The lowest BCUT2D eigenvalue weighted by Crippen LogP contribution is -2.25. The smallest absolute Gasteiger partial charge is 0.234 e. The maximum absolute atomic E-state index is 6.63. The Bertz CT molecular complexity index is 2160. The molecule has 0 N–H and O–H groups in total. The van der Waals surface area contributed by atoms with Gasteiger partial charge in [-0.2, -0.15) is 0 Å². The number of hydrogen-bond donors (Lipinski definition) is 0. The van der Waals surface area contributed by atoms with Crippen molar-refractivity contribution in [2.75, 3.05) is 7.05 Å². The molecule has 0 aliphatic heterocycles. The first-order chi connectivity index (χ1) is 21.9. The summed E-state index contributed by atoms with van der Waals surface area (Å²) in [7, 11) is -0.332. The van der Waals surface area contributed by atoms with Crippen molar-refractivity contribution in [1.82, 2.24) is 14.5 Å². The van der Waals surface area contributed by atoms with Gasteiger partial charge in [-0.3, -0.25) is 9.31 Å². The van der Waals surface area contributed by atoms with Crippen LogP contribution in [0.2, 0.25) is 0 Å². The minimum absolute atomic E-state index is 0.0993. The van der Waals surface area contributed by atoms with Gasteiger partial charge in [0.2, 0.25) is 5.95 Å². The van der Waals surface area contributed by atoms with Crippen LogP contribution in [-0.2, 0) is 5.41 Å². The first kappa shape index (κ1) is 28.8. The average Bonchev–Trinajstić information content (AvgIpc) is 3.40. The molecule has 0 bridgehead atoms. The minimum Gasteiger partial charge on any atom is -0.457 e. The standard InChI is InChI=1S/C39H35N4OP/c1-39(2,3)37-24-25-41-38(42-37)43-35-21-12-11-20-33(35)34-23-22-29(27-36(34)43)44-28-14-13-19-32(26-28)45(40-4,30-15-7-5-8-16-30)31-17-9-6-10-18-31/h5-27H,1-4H3. The summed E-state index contributed by atoms with van der Waals surface area (Å²) in [6.07, 6.45) is 1.85. The van der Waals surface area contributed by atoms with Crippen LogP contribution in [-0.4, -0.2) is 21.6 Å². The Kier molecular flexibility index (Phi) is 7.35. The van der Waals surface area contributed by atoms with Crippen LogP contribution in [0, 0.1) is 0 Å². The summed E-state index contributed by atoms with van der Waals surface area (Å²) in [4.78, 5) is 9.73. The van der Waals surface area contributed by atoms with E-state index in [9.17, 15) is 0 Å². The molecule has 0 radical (unpaired) electrons. The number of benzene rings is 5. The van der Waals surface area contributed by atoms with Crippen LogP contribution in [0.5, 0.6) is 11.5 Å². The lowest BCUT2D eigenvalue weighted by Gasteiger charge is -2.26. The van der Waals surface area contributed by atoms with Gasteiger partial charge in [-0.25, -0.2) is 9.97 Å². The minimum atomic E-state index is -2.27. The lowest BCUT2D eigenvalue weighted by molar-refractivity contribution is 0.484. The van der Waals surface area contributed by atoms with E-state index in [1.165, 1.54) is 10.6 Å². The van der Waals surface area contributed by atoms with E-state index in [1.807, 2.05) is 31.4 Å². The second-order valence-corrected chi connectivity index (χ2v) is 15.3. The van der Waals surface area contributed by atoms with Gasteiger partial charge in [-0.15, -0.1) is 0 Å². The summed E-state index contributed by atoms with van der Waals surface area (Å²) in [5.41, 5.74) is 2.95. The SMILES string of the molecule is CN=P(c1ccccc1)(c1ccccc1)c1cccc(Oc2ccc3c4ccccc4n(-c4nccc(C(C)(C)C)n4)c3c2)c1. The normalized spacial score (nSPS) is 12.0. The van der Waals surface area contributed by atoms with Gasteiger partial charge in [0.25, 0.3) is 0 Å². The van der Waals surface area contributed by atoms with Gasteiger partial charge >= 0.3 is 0 Å². The number of fused-ring (bicyclic) bond motifs is 3. The van der Waals surface area contributed by atoms with Crippen molar-refractivity contribution in [3.63, 3.8) is 0 Å². The molecule has 222 valence electrons. The number of hydrogen-bond acceptors (Lipinski definition) is 4. The molecule has 0 fully saturated rings. The molecule has 0 spiro atoms. The summed E-state index contributed by atoms with van der Waals surface area (Å²) >= 11 is 0. The third-order valence-corrected chi connectivity index (χ3v) is 12.0. The van der Waals surface area contributed by atoms with Crippen molar-refractivity contribution in [3.8, 4) is 17.4 Å². The molecule has 7 aromatic rings. The van der Waals surface area contributed by atoms with Gasteiger partial charge < -0.3 is 4.74 Å². The highest BCUT2D eigenvalue weighted by atomic mass is 31.2. The largest absolute Gasteiger partial charge is 0.457 e. The number of rotatable bonds is 6. The number of aromatic nitrogens is 3. The summed E-state index contributed by atoms with van der Waals surface area (Å²) in [6, 6.07) is 46.3.